The van der Waals surface area contributed by atoms with E-state index in [1.54, 1.807) is 0 Å². The van der Waals surface area contributed by atoms with Crippen LogP contribution in [0.1, 0.15) is 72.0 Å². The van der Waals surface area contributed by atoms with Crippen molar-refractivity contribution in [1.29, 1.82) is 0 Å². The van der Waals surface area contributed by atoms with Crippen molar-refractivity contribution in [1.82, 2.24) is 0 Å². The van der Waals surface area contributed by atoms with Crippen molar-refractivity contribution in [3.05, 3.63) is 69.8 Å². The number of ether oxygens (including phenoxy) is 1. The molecular weight excluding hydrogens is 560 g/mol. The Morgan fingerprint density at radius 3 is 2.50 bits per heavy atom. The molecule has 0 amide bonds. The molecule has 6 rings (SSSR count). The summed E-state index contributed by atoms with van der Waals surface area (Å²) in [5.41, 5.74) is -0.825. The van der Waals surface area contributed by atoms with Gasteiger partial charge in [0, 0.05) is 36.1 Å². The van der Waals surface area contributed by atoms with Gasteiger partial charge in [-0.25, -0.2) is 0 Å². The normalized spacial score (nSPS) is 35.0. The Morgan fingerprint density at radius 1 is 1.07 bits per heavy atom. The highest BCUT2D eigenvalue weighted by Crippen LogP contribution is 2.64. The molecule has 234 valence electrons. The van der Waals surface area contributed by atoms with Crippen LogP contribution < -0.4 is 5.43 Å². The number of rotatable bonds is 4. The molecule has 8 heteroatoms. The predicted octanol–water partition coefficient (Wildman–Crippen LogP) is 5.87. The highest BCUT2D eigenvalue weighted by molar-refractivity contribution is 6.14. The smallest absolute Gasteiger partial charge is 0.202 e. The average Bonchev–Trinajstić information content (AvgIpc) is 2.94. The van der Waals surface area contributed by atoms with Crippen molar-refractivity contribution in [2.75, 3.05) is 7.11 Å². The quantitative estimate of drug-likeness (QED) is 0.370. The summed E-state index contributed by atoms with van der Waals surface area (Å²) < 4.78 is 11.7. The van der Waals surface area contributed by atoms with Gasteiger partial charge in [0.25, 0.3) is 0 Å². The van der Waals surface area contributed by atoms with E-state index in [4.69, 9.17) is 9.15 Å². The number of aliphatic hydroxyl groups excluding tert-OH is 1. The Bertz CT molecular complexity index is 1710. The second kappa shape index (κ2) is 10.2. The Balaban J connectivity index is 1.60. The highest BCUT2D eigenvalue weighted by atomic mass is 16.5. The SMILES string of the molecule is C=C1[C@@H](C[C@@H]2C(C)=CC[C@H]3C(=O)C(OC)=CC(=O)[C@@]23c2cc(=O)c3c(O)cc(O)cc3o2)[C@@]2(C)CCCC(C)(C)[C@@H]2C[C@@H]1O. The highest BCUT2D eigenvalue weighted by Gasteiger charge is 2.63. The number of benzene rings is 1. The third-order valence-electron chi connectivity index (χ3n) is 11.9. The molecule has 1 heterocycles. The Labute approximate surface area is 257 Å². The zero-order valence-corrected chi connectivity index (χ0v) is 26.1. The van der Waals surface area contributed by atoms with Crippen LogP contribution in [0.4, 0.5) is 0 Å². The monoisotopic (exact) mass is 602 g/mol. The van der Waals surface area contributed by atoms with Crippen LogP contribution in [0, 0.1) is 34.5 Å². The first-order valence-electron chi connectivity index (χ1n) is 15.5. The zero-order chi connectivity index (χ0) is 31.9. The van der Waals surface area contributed by atoms with Gasteiger partial charge in [-0.3, -0.25) is 14.4 Å². The van der Waals surface area contributed by atoms with Gasteiger partial charge in [0.2, 0.25) is 5.78 Å². The molecule has 44 heavy (non-hydrogen) atoms. The molecular formula is C36H42O8. The number of carbonyl (C=O) groups excluding carboxylic acids is 2. The minimum atomic E-state index is -1.59. The van der Waals surface area contributed by atoms with Crippen LogP contribution in [0.25, 0.3) is 11.0 Å². The van der Waals surface area contributed by atoms with E-state index in [-0.39, 0.29) is 63.1 Å². The molecule has 0 radical (unpaired) electrons. The summed E-state index contributed by atoms with van der Waals surface area (Å²) in [5.74, 6) is -2.97. The summed E-state index contributed by atoms with van der Waals surface area (Å²) in [5, 5.41) is 31.9. The van der Waals surface area contributed by atoms with E-state index in [2.05, 4.69) is 27.4 Å². The van der Waals surface area contributed by atoms with E-state index in [0.29, 0.717) is 12.8 Å². The number of aromatic hydroxyl groups is 2. The molecule has 4 aliphatic carbocycles. The molecule has 7 atom stereocenters. The molecule has 0 unspecified atom stereocenters. The van der Waals surface area contributed by atoms with Crippen molar-refractivity contribution in [2.24, 2.45) is 34.5 Å². The van der Waals surface area contributed by atoms with Gasteiger partial charge < -0.3 is 24.5 Å². The fourth-order valence-corrected chi connectivity index (χ4v) is 9.68. The van der Waals surface area contributed by atoms with Gasteiger partial charge >= 0.3 is 0 Å². The first-order valence-corrected chi connectivity index (χ1v) is 15.5. The van der Waals surface area contributed by atoms with Crippen molar-refractivity contribution < 1.29 is 34.1 Å². The van der Waals surface area contributed by atoms with E-state index in [0.717, 1.165) is 36.5 Å². The van der Waals surface area contributed by atoms with Crippen molar-refractivity contribution >= 4 is 22.5 Å². The second-order valence-electron chi connectivity index (χ2n) is 14.4. The summed E-state index contributed by atoms with van der Waals surface area (Å²) >= 11 is 0. The lowest BCUT2D eigenvalue weighted by Gasteiger charge is -2.60. The standard InChI is InChI=1S/C36H42O8/c1-18-8-9-21-33(42)28(43-6)17-30(41)36(21,31-16-26(40)32-25(39)12-20(37)13-27(32)44-31)22(18)14-23-19(2)24(38)15-29-34(3,4)10-7-11-35(23,29)5/h8,12-13,16-17,21-24,29,37-39H,2,7,9-11,14-15H2,1,3-6H3/t21-,22+,23+,24-,29-,35+,36-/m0/s1. The molecule has 1 aromatic heterocycles. The maximum absolute atomic E-state index is 14.6. The molecule has 0 bridgehead atoms. The number of phenolic OH excluding ortho intramolecular Hbond substituents is 2. The maximum Gasteiger partial charge on any atom is 0.202 e. The number of hydrogen-bond acceptors (Lipinski definition) is 8. The van der Waals surface area contributed by atoms with E-state index in [1.807, 2.05) is 13.0 Å². The average molecular weight is 603 g/mol. The third kappa shape index (κ3) is 4.16. The zero-order valence-electron chi connectivity index (χ0n) is 26.1. The number of phenols is 2. The maximum atomic E-state index is 14.6. The predicted molar refractivity (Wildman–Crippen MR) is 165 cm³/mol. The number of hydrogen-bond donors (Lipinski definition) is 3. The molecule has 1 aromatic carbocycles. The van der Waals surface area contributed by atoms with E-state index in [1.165, 1.54) is 25.3 Å². The first-order chi connectivity index (χ1) is 20.7. The van der Waals surface area contributed by atoms with E-state index in [9.17, 15) is 29.7 Å². The number of allylic oxidation sites excluding steroid dienone is 4. The van der Waals surface area contributed by atoms with Crippen LogP contribution in [-0.2, 0) is 19.7 Å². The van der Waals surface area contributed by atoms with Gasteiger partial charge in [0.05, 0.1) is 13.2 Å². The lowest BCUT2D eigenvalue weighted by molar-refractivity contribution is -0.139. The number of Topliss-reactive ketones (excluding diaryl/α,β-unsaturated/α-hetero) is 1. The molecule has 2 aromatic rings. The van der Waals surface area contributed by atoms with Gasteiger partial charge in [0.15, 0.2) is 17.0 Å². The summed E-state index contributed by atoms with van der Waals surface area (Å²) in [6, 6.07) is 3.50. The minimum absolute atomic E-state index is 0.00642. The molecule has 8 nitrogen and oxygen atoms in total. The molecule has 2 fully saturated rings. The molecule has 3 N–H and O–H groups in total. The summed E-state index contributed by atoms with van der Waals surface area (Å²) in [7, 11) is 1.35. The Kier molecular flexibility index (Phi) is 7.04. The molecule has 0 spiro atoms. The van der Waals surface area contributed by atoms with Crippen LogP contribution in [0.5, 0.6) is 11.5 Å². The van der Waals surface area contributed by atoms with Crippen LogP contribution in [0.3, 0.4) is 0 Å². The van der Waals surface area contributed by atoms with Crippen LogP contribution in [0.2, 0.25) is 0 Å². The summed E-state index contributed by atoms with van der Waals surface area (Å²) in [6.45, 7) is 13.2. The number of methoxy groups -OCH3 is 1. The van der Waals surface area contributed by atoms with Gasteiger partial charge in [-0.15, -0.1) is 0 Å². The molecule has 4 aliphatic rings. The van der Waals surface area contributed by atoms with E-state index >= 15 is 0 Å². The largest absolute Gasteiger partial charge is 0.508 e. The fourth-order valence-electron chi connectivity index (χ4n) is 9.68. The lowest BCUT2D eigenvalue weighted by Crippen LogP contribution is -2.58. The minimum Gasteiger partial charge on any atom is -0.508 e. The first kappa shape index (κ1) is 30.4. The Morgan fingerprint density at radius 2 is 1.80 bits per heavy atom. The van der Waals surface area contributed by atoms with Crippen molar-refractivity contribution in [3.63, 3.8) is 0 Å². The third-order valence-corrected chi connectivity index (χ3v) is 11.9. The second-order valence-corrected chi connectivity index (χ2v) is 14.4. The van der Waals surface area contributed by atoms with Crippen LogP contribution in [0.15, 0.2) is 63.0 Å². The van der Waals surface area contributed by atoms with Crippen molar-refractivity contribution in [2.45, 2.75) is 77.7 Å². The summed E-state index contributed by atoms with van der Waals surface area (Å²) in [6.07, 6.45) is 6.85. The summed E-state index contributed by atoms with van der Waals surface area (Å²) in [4.78, 5) is 42.1. The number of ketones is 2. The fraction of sp³-hybridized carbons (Fsp3) is 0.528. The molecule has 2 saturated carbocycles. The van der Waals surface area contributed by atoms with Gasteiger partial charge in [0.1, 0.15) is 33.6 Å². The molecule has 0 aliphatic heterocycles. The van der Waals surface area contributed by atoms with Crippen LogP contribution in [-0.4, -0.2) is 40.1 Å². The van der Waals surface area contributed by atoms with Gasteiger partial charge in [-0.1, -0.05) is 45.4 Å². The topological polar surface area (TPSA) is 134 Å². The number of carbonyl (C=O) groups is 2. The lowest BCUT2D eigenvalue weighted by atomic mass is 9.44. The molecule has 0 saturated heterocycles. The van der Waals surface area contributed by atoms with Gasteiger partial charge in [-0.05, 0) is 67.3 Å². The number of fused-ring (bicyclic) bond motifs is 3. The van der Waals surface area contributed by atoms with Crippen LogP contribution >= 0.6 is 0 Å². The van der Waals surface area contributed by atoms with Crippen molar-refractivity contribution in [3.8, 4) is 11.5 Å². The van der Waals surface area contributed by atoms with E-state index < -0.39 is 40.3 Å². The van der Waals surface area contributed by atoms with Gasteiger partial charge in [-0.2, -0.15) is 0 Å². The Hall–Kier alpha value is -3.65. The number of aliphatic hydroxyl groups is 1.